The first kappa shape index (κ1) is 13.9. The van der Waals surface area contributed by atoms with Crippen molar-refractivity contribution in [3.63, 3.8) is 0 Å². The van der Waals surface area contributed by atoms with Crippen molar-refractivity contribution in [1.29, 1.82) is 0 Å². The lowest BCUT2D eigenvalue weighted by atomic mass is 10.2. The zero-order valence-corrected chi connectivity index (χ0v) is 11.0. The molecule has 1 rings (SSSR count). The van der Waals surface area contributed by atoms with Crippen molar-refractivity contribution >= 4 is 40.6 Å². The van der Waals surface area contributed by atoms with Crippen LogP contribution in [-0.2, 0) is 4.79 Å². The van der Waals surface area contributed by atoms with Crippen molar-refractivity contribution in [2.75, 3.05) is 17.3 Å². The number of carbonyl (C=O) groups excluding carboxylic acids is 1. The van der Waals surface area contributed by atoms with Crippen LogP contribution < -0.4 is 11.1 Å². The van der Waals surface area contributed by atoms with Gasteiger partial charge in [0.2, 0.25) is 5.91 Å². The Kier molecular flexibility index (Phi) is 5.37. The van der Waals surface area contributed by atoms with Crippen LogP contribution in [0.3, 0.4) is 0 Å². The highest BCUT2D eigenvalue weighted by Crippen LogP contribution is 2.15. The fourth-order valence-corrected chi connectivity index (χ4v) is 1.76. The number of rotatable bonds is 5. The second kappa shape index (κ2) is 6.56. The van der Waals surface area contributed by atoms with Gasteiger partial charge in [-0.1, -0.05) is 12.2 Å². The first-order valence-electron chi connectivity index (χ1n) is 4.92. The molecule has 17 heavy (non-hydrogen) atoms. The van der Waals surface area contributed by atoms with Crippen molar-refractivity contribution in [3.8, 4) is 0 Å². The third kappa shape index (κ3) is 4.32. The topological polar surface area (TPSA) is 55.1 Å². The number of nitrogens with one attached hydrogen (secondary N) is 1. The lowest BCUT2D eigenvalue weighted by Crippen LogP contribution is -2.15. The van der Waals surface area contributed by atoms with E-state index in [-0.39, 0.29) is 16.5 Å². The van der Waals surface area contributed by atoms with E-state index >= 15 is 0 Å². The van der Waals surface area contributed by atoms with Crippen molar-refractivity contribution < 1.29 is 9.18 Å². The van der Waals surface area contributed by atoms with E-state index in [1.54, 1.807) is 11.8 Å². The molecule has 3 nitrogen and oxygen atoms in total. The van der Waals surface area contributed by atoms with Gasteiger partial charge >= 0.3 is 0 Å². The molecule has 6 heteroatoms. The molecule has 0 aromatic heterocycles. The molecular formula is C11H13FN2OS2. The Labute approximate surface area is 109 Å². The molecule has 0 atom stereocenters. The summed E-state index contributed by atoms with van der Waals surface area (Å²) in [6.07, 6.45) is 2.34. The van der Waals surface area contributed by atoms with E-state index in [0.29, 0.717) is 12.1 Å². The predicted octanol–water partition coefficient (Wildman–Crippen LogP) is 2.15. The third-order valence-corrected chi connectivity index (χ3v) is 2.88. The molecule has 0 saturated carbocycles. The Morgan fingerprint density at radius 1 is 1.59 bits per heavy atom. The average molecular weight is 272 g/mol. The fraction of sp³-hybridized carbons (Fsp3) is 0.273. The van der Waals surface area contributed by atoms with E-state index in [4.69, 9.17) is 18.0 Å². The summed E-state index contributed by atoms with van der Waals surface area (Å²) in [5.74, 6) is 0.148. The monoisotopic (exact) mass is 272 g/mol. The zero-order chi connectivity index (χ0) is 12.8. The summed E-state index contributed by atoms with van der Waals surface area (Å²) >= 11 is 6.30. The van der Waals surface area contributed by atoms with Crippen LogP contribution in [0.2, 0.25) is 0 Å². The fourth-order valence-electron chi connectivity index (χ4n) is 1.21. The number of halogens is 1. The summed E-state index contributed by atoms with van der Waals surface area (Å²) in [5, 5.41) is 2.67. The summed E-state index contributed by atoms with van der Waals surface area (Å²) in [6, 6.07) is 4.15. The second-order valence-corrected chi connectivity index (χ2v) is 4.78. The van der Waals surface area contributed by atoms with E-state index < -0.39 is 5.82 Å². The lowest BCUT2D eigenvalue weighted by Gasteiger charge is -2.07. The number of amides is 1. The third-order valence-electron chi connectivity index (χ3n) is 2.05. The summed E-state index contributed by atoms with van der Waals surface area (Å²) < 4.78 is 13.3. The van der Waals surface area contributed by atoms with E-state index in [2.05, 4.69) is 5.32 Å². The Morgan fingerprint density at radius 3 is 2.88 bits per heavy atom. The molecule has 0 fully saturated rings. The number of nitrogens with two attached hydrogens (primary N) is 1. The summed E-state index contributed by atoms with van der Waals surface area (Å²) in [7, 11) is 0. The van der Waals surface area contributed by atoms with Gasteiger partial charge in [0, 0.05) is 23.4 Å². The maximum atomic E-state index is 13.3. The number of carbonyl (C=O) groups is 1. The van der Waals surface area contributed by atoms with Gasteiger partial charge in [0.1, 0.15) is 10.8 Å². The van der Waals surface area contributed by atoms with Gasteiger partial charge in [0.15, 0.2) is 0 Å². The van der Waals surface area contributed by atoms with Crippen LogP contribution in [0.4, 0.5) is 10.1 Å². The van der Waals surface area contributed by atoms with Gasteiger partial charge in [-0.05, 0) is 24.5 Å². The maximum Gasteiger partial charge on any atom is 0.225 e. The minimum atomic E-state index is -0.486. The molecule has 1 aromatic carbocycles. The lowest BCUT2D eigenvalue weighted by molar-refractivity contribution is -0.115. The minimum absolute atomic E-state index is 0.0253. The smallest absolute Gasteiger partial charge is 0.225 e. The molecule has 1 amide bonds. The molecular weight excluding hydrogens is 259 g/mol. The first-order valence-corrected chi connectivity index (χ1v) is 6.73. The van der Waals surface area contributed by atoms with Crippen molar-refractivity contribution in [2.24, 2.45) is 5.73 Å². The Bertz CT molecular complexity index is 437. The molecule has 0 aliphatic heterocycles. The van der Waals surface area contributed by atoms with Crippen LogP contribution >= 0.6 is 24.0 Å². The van der Waals surface area contributed by atoms with Crippen LogP contribution in [0.1, 0.15) is 12.0 Å². The molecule has 0 bridgehead atoms. The first-order chi connectivity index (χ1) is 8.04. The maximum absolute atomic E-state index is 13.3. The van der Waals surface area contributed by atoms with E-state index in [1.807, 2.05) is 6.26 Å². The number of hydrogen-bond acceptors (Lipinski definition) is 3. The largest absolute Gasteiger partial charge is 0.389 e. The molecule has 0 heterocycles. The standard InChI is InChI=1S/C11H13FN2OS2/c1-17-5-4-10(15)14-7-2-3-9(12)8(6-7)11(13)16/h2-3,6H,4-5H2,1H3,(H2,13,16)(H,14,15). The Balaban J connectivity index is 2.75. The highest BCUT2D eigenvalue weighted by molar-refractivity contribution is 7.98. The molecule has 0 unspecified atom stereocenters. The van der Waals surface area contributed by atoms with Gasteiger partial charge in [0.25, 0.3) is 0 Å². The van der Waals surface area contributed by atoms with Gasteiger partial charge in [0.05, 0.1) is 0 Å². The van der Waals surface area contributed by atoms with Crippen LogP contribution in [0.25, 0.3) is 0 Å². The molecule has 0 radical (unpaired) electrons. The van der Waals surface area contributed by atoms with E-state index in [1.165, 1.54) is 18.2 Å². The van der Waals surface area contributed by atoms with Crippen molar-refractivity contribution in [2.45, 2.75) is 6.42 Å². The summed E-state index contributed by atoms with van der Waals surface area (Å²) in [4.78, 5) is 11.4. The summed E-state index contributed by atoms with van der Waals surface area (Å²) in [6.45, 7) is 0. The van der Waals surface area contributed by atoms with E-state index in [0.717, 1.165) is 5.75 Å². The predicted molar refractivity (Wildman–Crippen MR) is 73.9 cm³/mol. The van der Waals surface area contributed by atoms with Gasteiger partial charge < -0.3 is 11.1 Å². The van der Waals surface area contributed by atoms with E-state index in [9.17, 15) is 9.18 Å². The molecule has 0 spiro atoms. The van der Waals surface area contributed by atoms with Crippen LogP contribution in [-0.4, -0.2) is 22.9 Å². The zero-order valence-electron chi connectivity index (χ0n) is 9.33. The molecule has 1 aromatic rings. The molecule has 0 aliphatic carbocycles. The van der Waals surface area contributed by atoms with Crippen LogP contribution in [0.15, 0.2) is 18.2 Å². The number of thioether (sulfide) groups is 1. The average Bonchev–Trinajstić information content (AvgIpc) is 2.28. The number of thiocarbonyl (C=S) groups is 1. The highest BCUT2D eigenvalue weighted by atomic mass is 32.2. The van der Waals surface area contributed by atoms with Gasteiger partial charge in [-0.3, -0.25) is 4.79 Å². The van der Waals surface area contributed by atoms with Crippen LogP contribution in [0, 0.1) is 5.82 Å². The van der Waals surface area contributed by atoms with Gasteiger partial charge in [-0.25, -0.2) is 4.39 Å². The number of anilines is 1. The van der Waals surface area contributed by atoms with Crippen molar-refractivity contribution in [3.05, 3.63) is 29.6 Å². The van der Waals surface area contributed by atoms with Crippen molar-refractivity contribution in [1.82, 2.24) is 0 Å². The molecule has 0 aliphatic rings. The van der Waals surface area contributed by atoms with Gasteiger partial charge in [-0.15, -0.1) is 0 Å². The quantitative estimate of drug-likeness (QED) is 0.806. The SMILES string of the molecule is CSCCC(=O)Nc1ccc(F)c(C(N)=S)c1. The van der Waals surface area contributed by atoms with Crippen LogP contribution in [0.5, 0.6) is 0 Å². The number of hydrogen-bond donors (Lipinski definition) is 2. The second-order valence-electron chi connectivity index (χ2n) is 3.35. The molecule has 0 saturated heterocycles. The minimum Gasteiger partial charge on any atom is -0.389 e. The Hall–Kier alpha value is -1.14. The highest BCUT2D eigenvalue weighted by Gasteiger charge is 2.08. The number of benzene rings is 1. The Morgan fingerprint density at radius 2 is 2.29 bits per heavy atom. The summed E-state index contributed by atoms with van der Waals surface area (Å²) in [5.41, 5.74) is 6.01. The molecule has 92 valence electrons. The van der Waals surface area contributed by atoms with Gasteiger partial charge in [-0.2, -0.15) is 11.8 Å². The normalized spacial score (nSPS) is 10.0. The molecule has 3 N–H and O–H groups in total.